The number of thiazole rings is 1. The van der Waals surface area contributed by atoms with Gasteiger partial charge in [0.05, 0.1) is 16.8 Å². The van der Waals surface area contributed by atoms with Crippen LogP contribution in [0.4, 0.5) is 16.6 Å². The minimum absolute atomic E-state index is 0.166. The molecule has 136 valence electrons. The Morgan fingerprint density at radius 2 is 1.70 bits per heavy atom. The van der Waals surface area contributed by atoms with Crippen LogP contribution in [-0.2, 0) is 10.0 Å². The molecule has 0 bridgehead atoms. The van der Waals surface area contributed by atoms with Gasteiger partial charge in [0, 0.05) is 23.3 Å². The predicted octanol–water partition coefficient (Wildman–Crippen LogP) is 3.87. The molecule has 2 aromatic heterocycles. The first-order valence-corrected chi connectivity index (χ1v) is 10.4. The van der Waals surface area contributed by atoms with E-state index in [9.17, 15) is 8.42 Å². The summed E-state index contributed by atoms with van der Waals surface area (Å²) in [6.45, 7) is 0. The molecule has 0 fully saturated rings. The summed E-state index contributed by atoms with van der Waals surface area (Å²) in [5, 5.41) is 9.62. The summed E-state index contributed by atoms with van der Waals surface area (Å²) in [6, 6.07) is 18.1. The van der Waals surface area contributed by atoms with E-state index in [4.69, 9.17) is 0 Å². The van der Waals surface area contributed by atoms with Crippen LogP contribution in [-0.4, -0.2) is 23.2 Å². The summed E-state index contributed by atoms with van der Waals surface area (Å²) in [4.78, 5) is 4.11. The zero-order chi connectivity index (χ0) is 18.7. The number of nitrogens with zero attached hydrogens (tertiary/aromatic N) is 3. The molecule has 0 atom stereocenters. The lowest BCUT2D eigenvalue weighted by Crippen LogP contribution is -2.12. The van der Waals surface area contributed by atoms with E-state index in [-0.39, 0.29) is 4.90 Å². The van der Waals surface area contributed by atoms with Crippen LogP contribution in [0.25, 0.3) is 5.69 Å². The van der Waals surface area contributed by atoms with Crippen molar-refractivity contribution in [3.05, 3.63) is 78.4 Å². The van der Waals surface area contributed by atoms with Crippen molar-refractivity contribution < 1.29 is 8.42 Å². The molecule has 0 saturated carbocycles. The van der Waals surface area contributed by atoms with Gasteiger partial charge in [-0.2, -0.15) is 5.10 Å². The second-order valence-electron chi connectivity index (χ2n) is 5.56. The van der Waals surface area contributed by atoms with Crippen molar-refractivity contribution in [2.45, 2.75) is 4.90 Å². The molecule has 2 heterocycles. The molecule has 0 radical (unpaired) electrons. The fourth-order valence-electron chi connectivity index (χ4n) is 2.49. The van der Waals surface area contributed by atoms with Crippen LogP contribution in [0.1, 0.15) is 0 Å². The highest BCUT2D eigenvalue weighted by molar-refractivity contribution is 7.93. The van der Waals surface area contributed by atoms with Crippen LogP contribution in [0.5, 0.6) is 0 Å². The van der Waals surface area contributed by atoms with Gasteiger partial charge in [-0.3, -0.25) is 4.72 Å². The summed E-state index contributed by atoms with van der Waals surface area (Å²) in [7, 11) is -3.66. The lowest BCUT2D eigenvalue weighted by atomic mass is 10.3. The Kier molecular flexibility index (Phi) is 4.61. The van der Waals surface area contributed by atoms with Crippen molar-refractivity contribution >= 4 is 38.0 Å². The van der Waals surface area contributed by atoms with Crippen LogP contribution in [0.3, 0.4) is 0 Å². The van der Waals surface area contributed by atoms with E-state index in [1.807, 2.05) is 36.4 Å². The third-order valence-corrected chi connectivity index (χ3v) is 5.91. The summed E-state index contributed by atoms with van der Waals surface area (Å²) >= 11 is 1.23. The van der Waals surface area contributed by atoms with Crippen LogP contribution >= 0.6 is 11.3 Å². The lowest BCUT2D eigenvalue weighted by Gasteiger charge is -2.11. The first-order chi connectivity index (χ1) is 13.1. The molecule has 0 aliphatic rings. The molecule has 0 amide bonds. The Balaban J connectivity index is 1.53. The monoisotopic (exact) mass is 397 g/mol. The van der Waals surface area contributed by atoms with Crippen molar-refractivity contribution in [3.8, 4) is 5.69 Å². The average Bonchev–Trinajstić information content (AvgIpc) is 3.35. The predicted molar refractivity (Wildman–Crippen MR) is 106 cm³/mol. The quantitative estimate of drug-likeness (QED) is 0.515. The van der Waals surface area contributed by atoms with Gasteiger partial charge in [-0.1, -0.05) is 18.2 Å². The number of sulfonamides is 1. The zero-order valence-corrected chi connectivity index (χ0v) is 15.6. The highest BCUT2D eigenvalue weighted by Gasteiger charge is 2.15. The van der Waals surface area contributed by atoms with Gasteiger partial charge in [-0.25, -0.2) is 18.1 Å². The molecule has 7 nitrogen and oxygen atoms in total. The molecule has 0 aliphatic carbocycles. The van der Waals surface area contributed by atoms with E-state index in [0.29, 0.717) is 5.13 Å². The molecule has 0 saturated heterocycles. The largest absolute Gasteiger partial charge is 0.340 e. The Hall–Kier alpha value is -3.17. The third kappa shape index (κ3) is 3.83. The maximum absolute atomic E-state index is 12.4. The van der Waals surface area contributed by atoms with E-state index in [2.05, 4.69) is 20.1 Å². The first-order valence-electron chi connectivity index (χ1n) is 8.01. The number of benzene rings is 2. The Morgan fingerprint density at radius 3 is 2.41 bits per heavy atom. The molecule has 9 heteroatoms. The number of aromatic nitrogens is 3. The summed E-state index contributed by atoms with van der Waals surface area (Å²) in [5.41, 5.74) is 1.68. The fraction of sp³-hybridized carbons (Fsp3) is 0. The number of nitrogens with one attached hydrogen (secondary N) is 2. The van der Waals surface area contributed by atoms with Gasteiger partial charge in [0.1, 0.15) is 5.82 Å². The lowest BCUT2D eigenvalue weighted by molar-refractivity contribution is 0.601. The molecule has 0 unspecified atom stereocenters. The molecule has 2 aromatic carbocycles. The second-order valence-corrected chi connectivity index (χ2v) is 8.13. The minimum atomic E-state index is -3.66. The fourth-order valence-corrected chi connectivity index (χ4v) is 4.27. The summed E-state index contributed by atoms with van der Waals surface area (Å²) in [5.74, 6) is 0.776. The summed E-state index contributed by atoms with van der Waals surface area (Å²) in [6.07, 6.45) is 3.25. The third-order valence-electron chi connectivity index (χ3n) is 3.73. The van der Waals surface area contributed by atoms with Gasteiger partial charge in [0.2, 0.25) is 0 Å². The number of rotatable bonds is 6. The SMILES string of the molecule is O=S(=O)(Nc1nccs1)c1ccc(Nc2ccnn2-c2ccccc2)cc1. The standard InChI is InChI=1S/C18H15N5O2S2/c24-27(25,22-18-19-12-13-26-18)16-8-6-14(7-9-16)21-17-10-11-20-23(17)15-4-2-1-3-5-15/h1-13,21H,(H,19,22). The second kappa shape index (κ2) is 7.22. The van der Waals surface area contributed by atoms with E-state index in [0.717, 1.165) is 17.2 Å². The topological polar surface area (TPSA) is 88.9 Å². The number of hydrogen-bond acceptors (Lipinski definition) is 6. The maximum atomic E-state index is 12.4. The van der Waals surface area contributed by atoms with Gasteiger partial charge in [0.15, 0.2) is 5.13 Å². The molecule has 0 aliphatic heterocycles. The van der Waals surface area contributed by atoms with Crippen LogP contribution < -0.4 is 10.0 Å². The number of hydrogen-bond donors (Lipinski definition) is 2. The Bertz CT molecular complexity index is 1120. The van der Waals surface area contributed by atoms with Gasteiger partial charge < -0.3 is 5.32 Å². The number of anilines is 3. The Morgan fingerprint density at radius 1 is 0.926 bits per heavy atom. The van der Waals surface area contributed by atoms with E-state index >= 15 is 0 Å². The van der Waals surface area contributed by atoms with Gasteiger partial charge in [-0.05, 0) is 36.4 Å². The average molecular weight is 397 g/mol. The minimum Gasteiger partial charge on any atom is -0.340 e. The summed E-state index contributed by atoms with van der Waals surface area (Å²) < 4.78 is 29.0. The van der Waals surface area contributed by atoms with Gasteiger partial charge in [-0.15, -0.1) is 11.3 Å². The molecule has 0 spiro atoms. The van der Waals surface area contributed by atoms with E-state index in [1.165, 1.54) is 11.3 Å². The Labute approximate surface area is 160 Å². The van der Waals surface area contributed by atoms with Crippen LogP contribution in [0.15, 0.2) is 83.3 Å². The van der Waals surface area contributed by atoms with Crippen molar-refractivity contribution in [1.82, 2.24) is 14.8 Å². The van der Waals surface area contributed by atoms with Crippen molar-refractivity contribution in [2.24, 2.45) is 0 Å². The highest BCUT2D eigenvalue weighted by Crippen LogP contribution is 2.23. The smallest absolute Gasteiger partial charge is 0.263 e. The van der Waals surface area contributed by atoms with Crippen LogP contribution in [0, 0.1) is 0 Å². The molecular formula is C18H15N5O2S2. The van der Waals surface area contributed by atoms with E-state index in [1.54, 1.807) is 46.7 Å². The van der Waals surface area contributed by atoms with Gasteiger partial charge >= 0.3 is 0 Å². The van der Waals surface area contributed by atoms with Crippen molar-refractivity contribution in [2.75, 3.05) is 10.0 Å². The van der Waals surface area contributed by atoms with Gasteiger partial charge in [0.25, 0.3) is 10.0 Å². The molecule has 27 heavy (non-hydrogen) atoms. The highest BCUT2D eigenvalue weighted by atomic mass is 32.2. The van der Waals surface area contributed by atoms with Crippen molar-refractivity contribution in [1.29, 1.82) is 0 Å². The molecule has 2 N–H and O–H groups in total. The first kappa shape index (κ1) is 17.3. The normalized spacial score (nSPS) is 11.3. The molecule has 4 rings (SSSR count). The van der Waals surface area contributed by atoms with Crippen molar-refractivity contribution in [3.63, 3.8) is 0 Å². The van der Waals surface area contributed by atoms with E-state index < -0.39 is 10.0 Å². The molecular weight excluding hydrogens is 382 g/mol. The number of para-hydroxylation sites is 1. The van der Waals surface area contributed by atoms with Crippen LogP contribution in [0.2, 0.25) is 0 Å². The maximum Gasteiger partial charge on any atom is 0.263 e. The zero-order valence-electron chi connectivity index (χ0n) is 14.0. The molecule has 4 aromatic rings.